The van der Waals surface area contributed by atoms with Gasteiger partial charge in [0, 0.05) is 19.6 Å². The van der Waals surface area contributed by atoms with Crippen molar-refractivity contribution in [2.75, 3.05) is 18.9 Å². The Bertz CT molecular complexity index is 1080. The van der Waals surface area contributed by atoms with E-state index in [0.717, 1.165) is 37.7 Å². The second-order valence-electron chi connectivity index (χ2n) is 8.01. The van der Waals surface area contributed by atoms with Crippen LogP contribution in [0.3, 0.4) is 0 Å². The smallest absolute Gasteiger partial charge is 0.330 e. The molecule has 1 aliphatic heterocycles. The summed E-state index contributed by atoms with van der Waals surface area (Å²) in [5.41, 5.74) is 0.794. The standard InChI is InChI=1S/C21H27N5O4/c1-25-12-15-18(24-21(30)26(19(15)29)14-5-3-2-4-6-14)23-20(25)22-10-9-13-7-8-16(27)17(28)11-13/h7-8,11,14,27-28H,2-6,9-10,12H2,1H3,(H,22,23)(H,24,30). The second kappa shape index (κ2) is 8.25. The fourth-order valence-electron chi connectivity index (χ4n) is 4.21. The zero-order valence-electron chi connectivity index (χ0n) is 17.0. The van der Waals surface area contributed by atoms with Gasteiger partial charge in [0.25, 0.3) is 5.56 Å². The van der Waals surface area contributed by atoms with Crippen molar-refractivity contribution in [3.63, 3.8) is 0 Å². The van der Waals surface area contributed by atoms with E-state index in [1.807, 2.05) is 11.9 Å². The molecule has 0 amide bonds. The van der Waals surface area contributed by atoms with Crippen LogP contribution in [-0.4, -0.2) is 44.2 Å². The summed E-state index contributed by atoms with van der Waals surface area (Å²) in [7, 11) is 1.84. The number of H-pyrrole nitrogens is 1. The molecule has 1 aromatic carbocycles. The Hall–Kier alpha value is -3.23. The van der Waals surface area contributed by atoms with E-state index >= 15 is 0 Å². The lowest BCUT2D eigenvalue weighted by molar-refractivity contribution is 0.333. The van der Waals surface area contributed by atoms with Crippen molar-refractivity contribution in [3.8, 4) is 11.5 Å². The summed E-state index contributed by atoms with van der Waals surface area (Å²) < 4.78 is 1.40. The number of benzene rings is 1. The Kier molecular flexibility index (Phi) is 5.52. The van der Waals surface area contributed by atoms with Crippen molar-refractivity contribution in [1.82, 2.24) is 14.5 Å². The fourth-order valence-corrected chi connectivity index (χ4v) is 4.21. The minimum Gasteiger partial charge on any atom is -0.504 e. The number of phenolic OH excluding ortho intramolecular Hbond substituents is 2. The maximum Gasteiger partial charge on any atom is 0.330 e. The van der Waals surface area contributed by atoms with E-state index in [0.29, 0.717) is 36.9 Å². The monoisotopic (exact) mass is 413 g/mol. The van der Waals surface area contributed by atoms with Crippen LogP contribution in [0.2, 0.25) is 0 Å². The molecule has 4 N–H and O–H groups in total. The number of aromatic amines is 1. The van der Waals surface area contributed by atoms with Gasteiger partial charge >= 0.3 is 5.69 Å². The Morgan fingerprint density at radius 2 is 1.90 bits per heavy atom. The molecular formula is C21H27N5O4. The van der Waals surface area contributed by atoms with Gasteiger partial charge in [-0.1, -0.05) is 25.3 Å². The highest BCUT2D eigenvalue weighted by atomic mass is 16.3. The van der Waals surface area contributed by atoms with Crippen molar-refractivity contribution < 1.29 is 10.2 Å². The first kappa shape index (κ1) is 20.1. The summed E-state index contributed by atoms with van der Waals surface area (Å²) >= 11 is 0. The molecule has 1 saturated carbocycles. The van der Waals surface area contributed by atoms with Crippen molar-refractivity contribution in [2.24, 2.45) is 4.99 Å². The number of phenols is 2. The third kappa shape index (κ3) is 3.92. The quantitative estimate of drug-likeness (QED) is 0.568. The average molecular weight is 413 g/mol. The van der Waals surface area contributed by atoms with Crippen LogP contribution in [0.5, 0.6) is 11.5 Å². The van der Waals surface area contributed by atoms with Gasteiger partial charge in [-0.15, -0.1) is 0 Å². The molecule has 2 aliphatic rings. The van der Waals surface area contributed by atoms with Gasteiger partial charge in [-0.25, -0.2) is 4.79 Å². The molecule has 1 fully saturated rings. The molecule has 0 radical (unpaired) electrons. The van der Waals surface area contributed by atoms with Crippen molar-refractivity contribution in [3.05, 3.63) is 50.2 Å². The lowest BCUT2D eigenvalue weighted by Gasteiger charge is -2.30. The van der Waals surface area contributed by atoms with Crippen LogP contribution in [0.15, 0.2) is 32.8 Å². The highest BCUT2D eigenvalue weighted by molar-refractivity contribution is 5.94. The lowest BCUT2D eigenvalue weighted by atomic mass is 9.95. The number of nitrogens with one attached hydrogen (secondary N) is 2. The van der Waals surface area contributed by atoms with Gasteiger partial charge in [-0.3, -0.25) is 19.3 Å². The molecule has 9 heteroatoms. The zero-order chi connectivity index (χ0) is 21.3. The maximum atomic E-state index is 13.0. The van der Waals surface area contributed by atoms with Crippen molar-refractivity contribution in [2.45, 2.75) is 51.1 Å². The number of anilines is 1. The van der Waals surface area contributed by atoms with Gasteiger partial charge in [-0.05, 0) is 37.0 Å². The van der Waals surface area contributed by atoms with E-state index in [-0.39, 0.29) is 28.8 Å². The number of hydrogen-bond donors (Lipinski definition) is 4. The molecule has 2 heterocycles. The molecule has 1 aliphatic carbocycles. The largest absolute Gasteiger partial charge is 0.504 e. The Labute approximate surface area is 173 Å². The van der Waals surface area contributed by atoms with E-state index < -0.39 is 0 Å². The van der Waals surface area contributed by atoms with Gasteiger partial charge in [0.2, 0.25) is 0 Å². The van der Waals surface area contributed by atoms with Crippen LogP contribution in [0.25, 0.3) is 0 Å². The highest BCUT2D eigenvalue weighted by Gasteiger charge is 2.26. The Morgan fingerprint density at radius 3 is 2.63 bits per heavy atom. The predicted molar refractivity (Wildman–Crippen MR) is 114 cm³/mol. The molecule has 4 rings (SSSR count). The molecule has 2 aromatic rings. The van der Waals surface area contributed by atoms with E-state index in [2.05, 4.69) is 15.3 Å². The minimum absolute atomic E-state index is 0.0256. The first-order valence-electron chi connectivity index (χ1n) is 10.3. The topological polar surface area (TPSA) is 123 Å². The highest BCUT2D eigenvalue weighted by Crippen LogP contribution is 2.27. The summed E-state index contributed by atoms with van der Waals surface area (Å²) in [5, 5.41) is 22.1. The van der Waals surface area contributed by atoms with Crippen LogP contribution in [0.4, 0.5) is 5.82 Å². The number of fused-ring (bicyclic) bond motifs is 1. The number of aromatic hydroxyl groups is 2. The first-order valence-corrected chi connectivity index (χ1v) is 10.3. The minimum atomic E-state index is -0.373. The first-order chi connectivity index (χ1) is 14.4. The molecule has 0 bridgehead atoms. The molecule has 9 nitrogen and oxygen atoms in total. The maximum absolute atomic E-state index is 13.0. The van der Waals surface area contributed by atoms with E-state index in [9.17, 15) is 19.8 Å². The number of aliphatic imine (C=N–C) groups is 1. The van der Waals surface area contributed by atoms with Gasteiger partial charge in [-0.2, -0.15) is 0 Å². The molecule has 160 valence electrons. The molecule has 0 spiro atoms. The van der Waals surface area contributed by atoms with Gasteiger partial charge in [0.1, 0.15) is 5.82 Å². The fraction of sp³-hybridized carbons (Fsp3) is 0.476. The van der Waals surface area contributed by atoms with E-state index in [1.165, 1.54) is 16.7 Å². The molecule has 0 unspecified atom stereocenters. The number of hydrogen-bond acceptors (Lipinski definition) is 5. The van der Waals surface area contributed by atoms with E-state index in [4.69, 9.17) is 0 Å². The lowest BCUT2D eigenvalue weighted by Crippen LogP contribution is -2.47. The van der Waals surface area contributed by atoms with Crippen LogP contribution in [0, 0.1) is 0 Å². The molecule has 30 heavy (non-hydrogen) atoms. The third-order valence-electron chi connectivity index (χ3n) is 5.86. The van der Waals surface area contributed by atoms with E-state index in [1.54, 1.807) is 6.07 Å². The molecular weight excluding hydrogens is 386 g/mol. The third-order valence-corrected chi connectivity index (χ3v) is 5.86. The summed E-state index contributed by atoms with van der Waals surface area (Å²) in [5.74, 6) is 0.666. The van der Waals surface area contributed by atoms with Crippen LogP contribution < -0.4 is 16.6 Å². The van der Waals surface area contributed by atoms with Gasteiger partial charge in [0.05, 0.1) is 12.1 Å². The SMILES string of the molecule is CN1Cc2c([nH]c(=O)n(C3CCCCC3)c2=O)NC1=NCCc1ccc(O)c(O)c1. The van der Waals surface area contributed by atoms with Crippen LogP contribution in [0.1, 0.15) is 49.3 Å². The van der Waals surface area contributed by atoms with Crippen molar-refractivity contribution in [1.29, 1.82) is 0 Å². The molecule has 1 aromatic heterocycles. The Morgan fingerprint density at radius 1 is 1.13 bits per heavy atom. The average Bonchev–Trinajstić information content (AvgIpc) is 2.73. The number of nitrogens with zero attached hydrogens (tertiary/aromatic N) is 3. The molecule has 0 atom stereocenters. The second-order valence-corrected chi connectivity index (χ2v) is 8.01. The van der Waals surface area contributed by atoms with Gasteiger partial charge < -0.3 is 20.4 Å². The molecule has 0 saturated heterocycles. The predicted octanol–water partition coefficient (Wildman–Crippen LogP) is 1.91. The normalized spacial score (nSPS) is 18.3. The number of aromatic nitrogens is 2. The Balaban J connectivity index is 1.53. The number of guanidine groups is 1. The van der Waals surface area contributed by atoms with Crippen LogP contribution >= 0.6 is 0 Å². The van der Waals surface area contributed by atoms with Crippen molar-refractivity contribution >= 4 is 11.8 Å². The summed E-state index contributed by atoms with van der Waals surface area (Å²) in [4.78, 5) is 34.9. The zero-order valence-corrected chi connectivity index (χ0v) is 17.0. The summed E-state index contributed by atoms with van der Waals surface area (Å²) in [6.07, 6.45) is 5.54. The van der Waals surface area contributed by atoms with Gasteiger partial charge in [0.15, 0.2) is 17.5 Å². The van der Waals surface area contributed by atoms with Crippen LogP contribution in [-0.2, 0) is 13.0 Å². The summed E-state index contributed by atoms with van der Waals surface area (Å²) in [6.45, 7) is 0.805. The summed E-state index contributed by atoms with van der Waals surface area (Å²) in [6, 6.07) is 4.66. The number of rotatable bonds is 4.